The lowest BCUT2D eigenvalue weighted by Crippen LogP contribution is -1.94. The highest BCUT2D eigenvalue weighted by molar-refractivity contribution is 5.67. The van der Waals surface area contributed by atoms with E-state index in [4.69, 9.17) is 10.3 Å². The summed E-state index contributed by atoms with van der Waals surface area (Å²) in [5.41, 5.74) is 9.00. The molecule has 0 bridgehead atoms. The topological polar surface area (TPSA) is 77.8 Å². The molecule has 0 aliphatic rings. The average molecular weight is 204 g/mol. The van der Waals surface area contributed by atoms with Crippen LogP contribution in [0.5, 0.6) is 0 Å². The minimum atomic E-state index is 0.416. The van der Waals surface area contributed by atoms with Crippen molar-refractivity contribution in [3.63, 3.8) is 0 Å². The molecule has 0 unspecified atom stereocenters. The zero-order valence-electron chi connectivity index (χ0n) is 8.90. The van der Waals surface area contributed by atoms with Crippen LogP contribution in [0.3, 0.4) is 0 Å². The van der Waals surface area contributed by atoms with E-state index in [0.29, 0.717) is 11.6 Å². The Morgan fingerprint density at radius 2 is 1.93 bits per heavy atom. The Balaban J connectivity index is 2.63. The quantitative estimate of drug-likeness (QED) is 0.763. The largest absolute Gasteiger partial charge is 0.381 e. The highest BCUT2D eigenvalue weighted by Crippen LogP contribution is 2.28. The fourth-order valence-electron chi connectivity index (χ4n) is 1.38. The molecular formula is C10H12N4O. The number of nitrogens with two attached hydrogens (primary N) is 1. The van der Waals surface area contributed by atoms with Crippen molar-refractivity contribution in [3.05, 3.63) is 23.0 Å². The van der Waals surface area contributed by atoms with Crippen LogP contribution in [-0.4, -0.2) is 15.4 Å². The van der Waals surface area contributed by atoms with Crippen molar-refractivity contribution in [1.29, 1.82) is 0 Å². The zero-order valence-corrected chi connectivity index (χ0v) is 8.90. The summed E-state index contributed by atoms with van der Waals surface area (Å²) in [5, 5.41) is 11.7. The number of rotatable bonds is 1. The van der Waals surface area contributed by atoms with Gasteiger partial charge in [0.1, 0.15) is 0 Å². The molecule has 78 valence electrons. The van der Waals surface area contributed by atoms with Gasteiger partial charge in [0.2, 0.25) is 0 Å². The molecule has 0 saturated carbocycles. The van der Waals surface area contributed by atoms with Crippen LogP contribution in [0.15, 0.2) is 10.6 Å². The molecule has 0 aliphatic heterocycles. The lowest BCUT2D eigenvalue weighted by Gasteiger charge is -2.01. The van der Waals surface area contributed by atoms with Crippen molar-refractivity contribution in [3.8, 4) is 11.3 Å². The Labute approximate surface area is 87.3 Å². The van der Waals surface area contributed by atoms with E-state index >= 15 is 0 Å². The molecule has 0 atom stereocenters. The van der Waals surface area contributed by atoms with E-state index < -0.39 is 0 Å². The van der Waals surface area contributed by atoms with E-state index in [1.807, 2.05) is 26.8 Å². The first kappa shape index (κ1) is 9.64. The third-order valence-corrected chi connectivity index (χ3v) is 2.31. The average Bonchev–Trinajstić information content (AvgIpc) is 2.52. The molecular weight excluding hydrogens is 192 g/mol. The summed E-state index contributed by atoms with van der Waals surface area (Å²) >= 11 is 0. The highest BCUT2D eigenvalue weighted by atomic mass is 16.5. The summed E-state index contributed by atoms with van der Waals surface area (Å²) in [4.78, 5) is 0. The predicted molar refractivity (Wildman–Crippen MR) is 56.2 cm³/mol. The van der Waals surface area contributed by atoms with Gasteiger partial charge in [0.15, 0.2) is 11.6 Å². The molecule has 15 heavy (non-hydrogen) atoms. The highest BCUT2D eigenvalue weighted by Gasteiger charge is 2.14. The summed E-state index contributed by atoms with van der Waals surface area (Å²) in [5.74, 6) is 1.09. The van der Waals surface area contributed by atoms with Crippen LogP contribution >= 0.6 is 0 Å². The van der Waals surface area contributed by atoms with Gasteiger partial charge in [-0.1, -0.05) is 5.16 Å². The van der Waals surface area contributed by atoms with Crippen molar-refractivity contribution in [2.45, 2.75) is 20.8 Å². The molecule has 2 aromatic heterocycles. The first-order chi connectivity index (χ1) is 7.09. The normalized spacial score (nSPS) is 10.6. The third-order valence-electron chi connectivity index (χ3n) is 2.31. The fraction of sp³-hybridized carbons (Fsp3) is 0.300. The first-order valence-corrected chi connectivity index (χ1v) is 4.62. The van der Waals surface area contributed by atoms with E-state index in [-0.39, 0.29) is 0 Å². The SMILES string of the molecule is Cc1cc(-c2onc(N)c2C)c(C)nn1. The molecule has 2 heterocycles. The van der Waals surface area contributed by atoms with E-state index in [9.17, 15) is 0 Å². The van der Waals surface area contributed by atoms with Gasteiger partial charge in [-0.2, -0.15) is 10.2 Å². The molecule has 0 aliphatic carbocycles. The maximum Gasteiger partial charge on any atom is 0.173 e. The Morgan fingerprint density at radius 1 is 1.20 bits per heavy atom. The summed E-state index contributed by atoms with van der Waals surface area (Å²) in [6.07, 6.45) is 0. The number of aromatic nitrogens is 3. The van der Waals surface area contributed by atoms with Gasteiger partial charge in [-0.15, -0.1) is 0 Å². The molecule has 0 fully saturated rings. The van der Waals surface area contributed by atoms with Gasteiger partial charge >= 0.3 is 0 Å². The van der Waals surface area contributed by atoms with Gasteiger partial charge in [-0.05, 0) is 26.8 Å². The van der Waals surface area contributed by atoms with Gasteiger partial charge in [0.05, 0.1) is 11.4 Å². The maximum absolute atomic E-state index is 5.63. The van der Waals surface area contributed by atoms with Crippen LogP contribution in [-0.2, 0) is 0 Å². The van der Waals surface area contributed by atoms with Gasteiger partial charge in [-0.3, -0.25) is 0 Å². The zero-order chi connectivity index (χ0) is 11.0. The molecule has 5 nitrogen and oxygen atoms in total. The van der Waals surface area contributed by atoms with Crippen molar-refractivity contribution < 1.29 is 4.52 Å². The number of nitrogen functional groups attached to an aromatic ring is 1. The lowest BCUT2D eigenvalue weighted by atomic mass is 10.1. The number of nitrogens with zero attached hydrogens (tertiary/aromatic N) is 3. The van der Waals surface area contributed by atoms with Crippen molar-refractivity contribution in [2.75, 3.05) is 5.73 Å². The van der Waals surface area contributed by atoms with Crippen LogP contribution in [0.4, 0.5) is 5.82 Å². The van der Waals surface area contributed by atoms with E-state index in [0.717, 1.165) is 22.5 Å². The van der Waals surface area contributed by atoms with Crippen LogP contribution < -0.4 is 5.73 Å². The Hall–Kier alpha value is -1.91. The summed E-state index contributed by atoms with van der Waals surface area (Å²) in [6.45, 7) is 5.63. The van der Waals surface area contributed by atoms with Crippen molar-refractivity contribution in [2.24, 2.45) is 0 Å². The number of hydrogen-bond donors (Lipinski definition) is 1. The minimum absolute atomic E-state index is 0.416. The Bertz CT molecular complexity index is 504. The number of aryl methyl sites for hydroxylation is 2. The van der Waals surface area contributed by atoms with Gasteiger partial charge < -0.3 is 10.3 Å². The van der Waals surface area contributed by atoms with Crippen molar-refractivity contribution in [1.82, 2.24) is 15.4 Å². The number of hydrogen-bond acceptors (Lipinski definition) is 5. The standard InChI is InChI=1S/C10H12N4O/c1-5-4-8(7(3)13-12-5)9-6(2)10(11)14-15-9/h4H,1-3H3,(H2,11,14). The van der Waals surface area contributed by atoms with Gasteiger partial charge in [0.25, 0.3) is 0 Å². The van der Waals surface area contributed by atoms with E-state index in [2.05, 4.69) is 15.4 Å². The Morgan fingerprint density at radius 3 is 2.53 bits per heavy atom. The fourth-order valence-corrected chi connectivity index (χ4v) is 1.38. The van der Waals surface area contributed by atoms with Crippen LogP contribution in [0.25, 0.3) is 11.3 Å². The van der Waals surface area contributed by atoms with Gasteiger partial charge in [-0.25, -0.2) is 0 Å². The molecule has 5 heteroatoms. The molecule has 2 aromatic rings. The number of anilines is 1. The molecule has 0 spiro atoms. The molecule has 0 aromatic carbocycles. The van der Waals surface area contributed by atoms with Crippen LogP contribution in [0.1, 0.15) is 17.0 Å². The minimum Gasteiger partial charge on any atom is -0.381 e. The molecule has 2 rings (SSSR count). The van der Waals surface area contributed by atoms with E-state index in [1.165, 1.54) is 0 Å². The lowest BCUT2D eigenvalue weighted by molar-refractivity contribution is 0.434. The second-order valence-corrected chi connectivity index (χ2v) is 3.51. The molecule has 0 amide bonds. The summed E-state index contributed by atoms with van der Waals surface area (Å²) in [6, 6.07) is 1.91. The first-order valence-electron chi connectivity index (χ1n) is 4.62. The molecule has 0 saturated heterocycles. The van der Waals surface area contributed by atoms with Gasteiger partial charge in [0, 0.05) is 11.1 Å². The third kappa shape index (κ3) is 1.56. The summed E-state index contributed by atoms with van der Waals surface area (Å²) in [7, 11) is 0. The van der Waals surface area contributed by atoms with Crippen molar-refractivity contribution >= 4 is 5.82 Å². The monoisotopic (exact) mass is 204 g/mol. The molecule has 0 radical (unpaired) electrons. The van der Waals surface area contributed by atoms with E-state index in [1.54, 1.807) is 0 Å². The summed E-state index contributed by atoms with van der Waals surface area (Å²) < 4.78 is 5.17. The predicted octanol–water partition coefficient (Wildman–Crippen LogP) is 1.64. The second-order valence-electron chi connectivity index (χ2n) is 3.51. The van der Waals surface area contributed by atoms with Crippen LogP contribution in [0, 0.1) is 20.8 Å². The Kier molecular flexibility index (Phi) is 2.15. The maximum atomic E-state index is 5.63. The molecule has 2 N–H and O–H groups in total. The smallest absolute Gasteiger partial charge is 0.173 e. The second kappa shape index (κ2) is 3.34. The van der Waals surface area contributed by atoms with Crippen LogP contribution in [0.2, 0.25) is 0 Å².